The lowest BCUT2D eigenvalue weighted by atomic mass is 10.1. The van der Waals surface area contributed by atoms with Crippen LogP contribution in [0.25, 0.3) is 22.3 Å². The number of amides is 1. The largest absolute Gasteiger partial charge is 0.480 e. The number of carbonyl (C=O) groups excluding carboxylic acids is 1. The highest BCUT2D eigenvalue weighted by Gasteiger charge is 2.24. The standard InChI is InChI=1S/C20H29N5O4.C15H21N5O2/c1-20(2,3)29-19(27)22-14-7-9-24(10-8-14)11-12-25-17(26)6-5-15-18(25)23-16(28-4)13-21-15;1-22-13-10-17-12-2-3-14(21)20(15(12)18-13)9-8-19-6-4-11(16)5-7-19/h5-6,13-14H,7-12H2,1-4H3,(H,22,27);2-3,10-11H,4-9,16H2,1H3. The number of nitrogens with two attached hydrogens (primary N) is 1. The van der Waals surface area contributed by atoms with Crippen LogP contribution in [0.4, 0.5) is 4.79 Å². The quantitative estimate of drug-likeness (QED) is 0.258. The van der Waals surface area contributed by atoms with Gasteiger partial charge >= 0.3 is 6.09 Å². The molecular weight excluding hydrogens is 656 g/mol. The average molecular weight is 707 g/mol. The molecule has 0 spiro atoms. The summed E-state index contributed by atoms with van der Waals surface area (Å²) in [6.07, 6.45) is 6.44. The van der Waals surface area contributed by atoms with E-state index in [0.29, 0.717) is 53.2 Å². The third-order valence-electron chi connectivity index (χ3n) is 8.97. The second-order valence-electron chi connectivity index (χ2n) is 13.8. The summed E-state index contributed by atoms with van der Waals surface area (Å²) in [4.78, 5) is 58.4. The van der Waals surface area contributed by atoms with E-state index in [-0.39, 0.29) is 23.3 Å². The van der Waals surface area contributed by atoms with E-state index < -0.39 is 5.60 Å². The molecular formula is C35H50N10O6. The van der Waals surface area contributed by atoms with E-state index in [1.54, 1.807) is 33.7 Å². The second kappa shape index (κ2) is 17.0. The van der Waals surface area contributed by atoms with Crippen molar-refractivity contribution < 1.29 is 19.0 Å². The Morgan fingerprint density at radius 1 is 0.765 bits per heavy atom. The summed E-state index contributed by atoms with van der Waals surface area (Å²) in [5, 5.41) is 2.94. The van der Waals surface area contributed by atoms with Crippen molar-refractivity contribution in [1.29, 1.82) is 0 Å². The molecule has 2 saturated heterocycles. The van der Waals surface area contributed by atoms with Gasteiger partial charge in [-0.25, -0.2) is 14.8 Å². The maximum absolute atomic E-state index is 12.4. The van der Waals surface area contributed by atoms with Crippen LogP contribution in [0, 0.1) is 0 Å². The van der Waals surface area contributed by atoms with E-state index >= 15 is 0 Å². The average Bonchev–Trinajstić information content (AvgIpc) is 3.11. The first-order chi connectivity index (χ1) is 24.4. The van der Waals surface area contributed by atoms with Crippen molar-refractivity contribution in [2.24, 2.45) is 5.73 Å². The van der Waals surface area contributed by atoms with Gasteiger partial charge in [-0.1, -0.05) is 0 Å². The number of aromatic nitrogens is 6. The molecule has 4 aromatic rings. The monoisotopic (exact) mass is 706 g/mol. The number of methoxy groups -OCH3 is 2. The molecule has 0 saturated carbocycles. The molecule has 4 aromatic heterocycles. The minimum absolute atomic E-state index is 0.0660. The SMILES string of the molecule is COc1cnc2ccc(=O)n(CCN3CCC(N)CC3)c2n1.COc1cnc2ccc(=O)n(CCN3CCC(NC(=O)OC(C)(C)C)CC3)c2n1. The molecule has 0 radical (unpaired) electrons. The summed E-state index contributed by atoms with van der Waals surface area (Å²) in [7, 11) is 3.06. The van der Waals surface area contributed by atoms with Gasteiger partial charge in [0.05, 0.1) is 26.6 Å². The van der Waals surface area contributed by atoms with Gasteiger partial charge in [0.2, 0.25) is 11.8 Å². The molecule has 0 unspecified atom stereocenters. The van der Waals surface area contributed by atoms with E-state index in [1.807, 2.05) is 20.8 Å². The number of fused-ring (bicyclic) bond motifs is 2. The van der Waals surface area contributed by atoms with Gasteiger partial charge in [0.25, 0.3) is 11.1 Å². The number of carbonyl (C=O) groups is 1. The predicted molar refractivity (Wildman–Crippen MR) is 193 cm³/mol. The third-order valence-corrected chi connectivity index (χ3v) is 8.97. The zero-order valence-corrected chi connectivity index (χ0v) is 30.2. The number of rotatable bonds is 9. The molecule has 51 heavy (non-hydrogen) atoms. The lowest BCUT2D eigenvalue weighted by Crippen LogP contribution is -2.46. The molecule has 0 aromatic carbocycles. The summed E-state index contributed by atoms with van der Waals surface area (Å²) >= 11 is 0. The predicted octanol–water partition coefficient (Wildman–Crippen LogP) is 2.01. The fraction of sp³-hybridized carbons (Fsp3) is 0.571. The lowest BCUT2D eigenvalue weighted by molar-refractivity contribution is 0.0478. The zero-order chi connectivity index (χ0) is 36.5. The number of hydrogen-bond donors (Lipinski definition) is 2. The van der Waals surface area contributed by atoms with Crippen LogP contribution in [0.1, 0.15) is 46.5 Å². The van der Waals surface area contributed by atoms with Crippen LogP contribution < -0.4 is 31.6 Å². The fourth-order valence-electron chi connectivity index (χ4n) is 6.13. The highest BCUT2D eigenvalue weighted by Crippen LogP contribution is 2.16. The van der Waals surface area contributed by atoms with Crippen molar-refractivity contribution in [2.75, 3.05) is 53.5 Å². The van der Waals surface area contributed by atoms with Gasteiger partial charge in [0, 0.05) is 63.5 Å². The van der Waals surface area contributed by atoms with Gasteiger partial charge in [0.15, 0.2) is 11.3 Å². The minimum Gasteiger partial charge on any atom is -0.480 e. The molecule has 2 aliphatic rings. The van der Waals surface area contributed by atoms with Crippen LogP contribution in [-0.4, -0.2) is 116 Å². The van der Waals surface area contributed by atoms with E-state index in [9.17, 15) is 14.4 Å². The molecule has 6 heterocycles. The van der Waals surface area contributed by atoms with Gasteiger partial charge in [-0.05, 0) is 71.7 Å². The van der Waals surface area contributed by atoms with Crippen molar-refractivity contribution in [1.82, 2.24) is 44.2 Å². The number of likely N-dealkylation sites (tertiary alicyclic amines) is 2. The molecule has 16 heteroatoms. The Hall–Kier alpha value is -4.67. The van der Waals surface area contributed by atoms with Crippen LogP contribution >= 0.6 is 0 Å². The number of nitrogens with one attached hydrogen (secondary N) is 1. The maximum Gasteiger partial charge on any atom is 0.407 e. The third kappa shape index (κ3) is 10.4. The first-order valence-corrected chi connectivity index (χ1v) is 17.4. The Labute approximate surface area is 296 Å². The molecule has 6 rings (SSSR count). The number of piperidine rings is 2. The topological polar surface area (TPSA) is 185 Å². The normalized spacial score (nSPS) is 16.4. The highest BCUT2D eigenvalue weighted by atomic mass is 16.6. The van der Waals surface area contributed by atoms with E-state index in [4.69, 9.17) is 19.9 Å². The minimum atomic E-state index is -0.498. The fourth-order valence-corrected chi connectivity index (χ4v) is 6.13. The summed E-state index contributed by atoms with van der Waals surface area (Å²) in [5.74, 6) is 0.793. The first-order valence-electron chi connectivity index (χ1n) is 17.4. The molecule has 2 aliphatic heterocycles. The smallest absolute Gasteiger partial charge is 0.407 e. The Balaban J connectivity index is 0.000000205. The Morgan fingerprint density at radius 3 is 1.65 bits per heavy atom. The van der Waals surface area contributed by atoms with Crippen LogP contribution in [0.15, 0.2) is 46.2 Å². The van der Waals surface area contributed by atoms with Crippen LogP contribution in [0.3, 0.4) is 0 Å². The number of hydrogen-bond acceptors (Lipinski definition) is 13. The summed E-state index contributed by atoms with van der Waals surface area (Å²) in [6, 6.07) is 6.84. The highest BCUT2D eigenvalue weighted by molar-refractivity contribution is 5.71. The molecule has 0 bridgehead atoms. The van der Waals surface area contributed by atoms with E-state index in [2.05, 4.69) is 35.1 Å². The van der Waals surface area contributed by atoms with Gasteiger partial charge in [0.1, 0.15) is 16.6 Å². The number of alkyl carbamates (subject to hydrolysis) is 1. The lowest BCUT2D eigenvalue weighted by Gasteiger charge is -2.32. The molecule has 1 amide bonds. The molecule has 0 atom stereocenters. The first kappa shape index (κ1) is 37.6. The van der Waals surface area contributed by atoms with Gasteiger partial charge < -0.3 is 35.1 Å². The second-order valence-corrected chi connectivity index (χ2v) is 13.8. The zero-order valence-electron chi connectivity index (χ0n) is 30.2. The Bertz CT molecular complexity index is 1890. The van der Waals surface area contributed by atoms with Crippen molar-refractivity contribution in [2.45, 2.75) is 77.2 Å². The Kier molecular flexibility index (Phi) is 12.5. The molecule has 16 nitrogen and oxygen atoms in total. The van der Waals surface area contributed by atoms with Crippen LogP contribution in [0.5, 0.6) is 11.8 Å². The van der Waals surface area contributed by atoms with E-state index in [1.165, 1.54) is 26.4 Å². The number of pyridine rings is 2. The molecule has 276 valence electrons. The van der Waals surface area contributed by atoms with Crippen molar-refractivity contribution >= 4 is 28.4 Å². The molecule has 0 aliphatic carbocycles. The van der Waals surface area contributed by atoms with Crippen molar-refractivity contribution in [3.8, 4) is 11.8 Å². The van der Waals surface area contributed by atoms with Gasteiger partial charge in [-0.2, -0.15) is 9.97 Å². The summed E-state index contributed by atoms with van der Waals surface area (Å²) in [5.41, 5.74) is 7.70. The van der Waals surface area contributed by atoms with Crippen LogP contribution in [-0.2, 0) is 17.8 Å². The van der Waals surface area contributed by atoms with E-state index in [0.717, 1.165) is 65.0 Å². The van der Waals surface area contributed by atoms with Crippen molar-refractivity contribution in [3.05, 3.63) is 57.4 Å². The Morgan fingerprint density at radius 2 is 1.22 bits per heavy atom. The number of ether oxygens (including phenoxy) is 3. The summed E-state index contributed by atoms with van der Waals surface area (Å²) in [6.45, 7) is 11.8. The number of nitrogens with zero attached hydrogens (tertiary/aromatic N) is 8. The van der Waals surface area contributed by atoms with Crippen molar-refractivity contribution in [3.63, 3.8) is 0 Å². The maximum atomic E-state index is 12.4. The summed E-state index contributed by atoms with van der Waals surface area (Å²) < 4.78 is 18.9. The van der Waals surface area contributed by atoms with Gasteiger partial charge in [-0.3, -0.25) is 18.7 Å². The molecule has 2 fully saturated rings. The van der Waals surface area contributed by atoms with Gasteiger partial charge in [-0.15, -0.1) is 0 Å². The molecule has 3 N–H and O–H groups in total. The van der Waals surface area contributed by atoms with Crippen LogP contribution in [0.2, 0.25) is 0 Å².